The van der Waals surface area contributed by atoms with Gasteiger partial charge in [0.15, 0.2) is 0 Å². The van der Waals surface area contributed by atoms with Crippen LogP contribution in [0.2, 0.25) is 0 Å². The Morgan fingerprint density at radius 2 is 1.65 bits per heavy atom. The molecule has 3 heterocycles. The molecule has 0 spiro atoms. The first-order valence-corrected chi connectivity index (χ1v) is 8.01. The predicted octanol–water partition coefficient (Wildman–Crippen LogP) is 4.82. The SMILES string of the molecule is CC(C)(C)c1cc2[nH]ccc2cn1.Cn1ccc(C(C)(C)C)n1.[HH]. The van der Waals surface area contributed by atoms with Gasteiger partial charge in [0, 0.05) is 54.5 Å². The summed E-state index contributed by atoms with van der Waals surface area (Å²) < 4.78 is 1.83. The smallest absolute Gasteiger partial charge is 0.0677 e. The second-order valence-electron chi connectivity index (χ2n) is 8.01. The average molecular weight is 314 g/mol. The molecule has 1 N–H and O–H groups in total. The van der Waals surface area contributed by atoms with E-state index in [0.29, 0.717) is 0 Å². The highest BCUT2D eigenvalue weighted by atomic mass is 15.2. The molecule has 0 aliphatic carbocycles. The van der Waals surface area contributed by atoms with Crippen molar-refractivity contribution in [1.82, 2.24) is 19.7 Å². The lowest BCUT2D eigenvalue weighted by Crippen LogP contribution is -2.12. The van der Waals surface area contributed by atoms with Crippen molar-refractivity contribution in [2.24, 2.45) is 7.05 Å². The Bertz CT molecular complexity index is 772. The second-order valence-corrected chi connectivity index (χ2v) is 8.01. The monoisotopic (exact) mass is 314 g/mol. The lowest BCUT2D eigenvalue weighted by molar-refractivity contribution is 0.553. The summed E-state index contributed by atoms with van der Waals surface area (Å²) in [4.78, 5) is 7.62. The fourth-order valence-corrected chi connectivity index (χ4v) is 2.17. The lowest BCUT2D eigenvalue weighted by atomic mass is 9.91. The highest BCUT2D eigenvalue weighted by Gasteiger charge is 2.16. The summed E-state index contributed by atoms with van der Waals surface area (Å²) in [6, 6.07) is 6.21. The Balaban J connectivity index is 0.000000238. The minimum Gasteiger partial charge on any atom is -0.361 e. The van der Waals surface area contributed by atoms with Crippen LogP contribution >= 0.6 is 0 Å². The van der Waals surface area contributed by atoms with Gasteiger partial charge in [-0.15, -0.1) is 0 Å². The molecule has 4 heteroatoms. The van der Waals surface area contributed by atoms with Crippen molar-refractivity contribution in [2.75, 3.05) is 0 Å². The maximum Gasteiger partial charge on any atom is 0.0677 e. The topological polar surface area (TPSA) is 46.5 Å². The van der Waals surface area contributed by atoms with Crippen LogP contribution in [0.1, 0.15) is 54.4 Å². The molecule has 0 saturated carbocycles. The van der Waals surface area contributed by atoms with E-state index in [0.717, 1.165) is 11.4 Å². The number of aryl methyl sites for hydroxylation is 1. The number of hydrogen-bond acceptors (Lipinski definition) is 2. The van der Waals surface area contributed by atoms with E-state index in [4.69, 9.17) is 0 Å². The zero-order valence-electron chi connectivity index (χ0n) is 15.3. The first-order valence-electron chi connectivity index (χ1n) is 8.01. The quantitative estimate of drug-likeness (QED) is 0.646. The van der Waals surface area contributed by atoms with Crippen LogP contribution in [0.3, 0.4) is 0 Å². The van der Waals surface area contributed by atoms with Crippen molar-refractivity contribution in [3.8, 4) is 0 Å². The molecule has 0 amide bonds. The van der Waals surface area contributed by atoms with Crippen LogP contribution in [-0.4, -0.2) is 19.7 Å². The van der Waals surface area contributed by atoms with Gasteiger partial charge in [-0.1, -0.05) is 41.5 Å². The summed E-state index contributed by atoms with van der Waals surface area (Å²) in [5, 5.41) is 5.47. The van der Waals surface area contributed by atoms with Crippen LogP contribution in [0.25, 0.3) is 10.9 Å². The summed E-state index contributed by atoms with van der Waals surface area (Å²) in [5.74, 6) is 0. The van der Waals surface area contributed by atoms with Crippen molar-refractivity contribution >= 4 is 10.9 Å². The van der Waals surface area contributed by atoms with Crippen molar-refractivity contribution in [2.45, 2.75) is 52.4 Å². The van der Waals surface area contributed by atoms with Gasteiger partial charge in [0.05, 0.1) is 5.69 Å². The molecule has 3 rings (SSSR count). The van der Waals surface area contributed by atoms with Crippen LogP contribution in [0.5, 0.6) is 0 Å². The first-order chi connectivity index (χ1) is 10.6. The Kier molecular flexibility index (Phi) is 4.64. The summed E-state index contributed by atoms with van der Waals surface area (Å²) in [5.41, 5.74) is 3.75. The zero-order valence-corrected chi connectivity index (χ0v) is 15.3. The summed E-state index contributed by atoms with van der Waals surface area (Å²) in [6.07, 6.45) is 5.84. The van der Waals surface area contributed by atoms with E-state index < -0.39 is 0 Å². The van der Waals surface area contributed by atoms with Crippen LogP contribution in [0.4, 0.5) is 0 Å². The first kappa shape index (κ1) is 17.3. The number of aromatic amines is 1. The molecular formula is C19H30N4. The molecular weight excluding hydrogens is 284 g/mol. The third kappa shape index (κ3) is 4.44. The van der Waals surface area contributed by atoms with E-state index in [1.54, 1.807) is 0 Å². The molecule has 0 unspecified atom stereocenters. The molecule has 4 nitrogen and oxygen atoms in total. The maximum atomic E-state index is 4.43. The molecule has 126 valence electrons. The van der Waals surface area contributed by atoms with E-state index in [1.165, 1.54) is 10.9 Å². The van der Waals surface area contributed by atoms with Crippen LogP contribution in [0.15, 0.2) is 36.8 Å². The minimum absolute atomic E-state index is 0. The van der Waals surface area contributed by atoms with Gasteiger partial charge >= 0.3 is 0 Å². The Labute approximate surface area is 140 Å². The molecule has 0 aliphatic heterocycles. The van der Waals surface area contributed by atoms with Crippen molar-refractivity contribution in [3.05, 3.63) is 48.2 Å². The molecule has 23 heavy (non-hydrogen) atoms. The summed E-state index contributed by atoms with van der Waals surface area (Å²) in [6.45, 7) is 13.0. The standard InChI is InChI=1S/C11H14N2.C8H14N2.H2/c1-11(2,3)10-6-9-8(7-13-10)4-5-12-9;1-8(2,3)7-5-6-10(4)9-7;/h4-7,12H,1-3H3;5-6H,1-4H3;1H. The van der Waals surface area contributed by atoms with Crippen LogP contribution < -0.4 is 0 Å². The molecule has 3 aromatic rings. The van der Waals surface area contributed by atoms with Gasteiger partial charge in [-0.25, -0.2) is 0 Å². The Hall–Kier alpha value is -2.10. The molecule has 0 fully saturated rings. The number of aromatic nitrogens is 4. The van der Waals surface area contributed by atoms with Gasteiger partial charge in [-0.05, 0) is 18.2 Å². The Morgan fingerprint density at radius 3 is 2.13 bits per heavy atom. The van der Waals surface area contributed by atoms with Gasteiger partial charge in [0.1, 0.15) is 0 Å². The fraction of sp³-hybridized carbons (Fsp3) is 0.474. The van der Waals surface area contributed by atoms with E-state index in [9.17, 15) is 0 Å². The van der Waals surface area contributed by atoms with Crippen molar-refractivity contribution < 1.29 is 1.43 Å². The van der Waals surface area contributed by atoms with E-state index >= 15 is 0 Å². The van der Waals surface area contributed by atoms with Gasteiger partial charge in [0.25, 0.3) is 0 Å². The second kappa shape index (κ2) is 6.19. The molecule has 0 atom stereocenters. The number of H-pyrrole nitrogens is 1. The number of rotatable bonds is 0. The summed E-state index contributed by atoms with van der Waals surface area (Å²) in [7, 11) is 1.94. The van der Waals surface area contributed by atoms with Crippen LogP contribution in [-0.2, 0) is 17.9 Å². The van der Waals surface area contributed by atoms with Gasteiger partial charge in [-0.3, -0.25) is 9.67 Å². The van der Waals surface area contributed by atoms with Gasteiger partial charge in [-0.2, -0.15) is 5.10 Å². The summed E-state index contributed by atoms with van der Waals surface area (Å²) >= 11 is 0. The van der Waals surface area contributed by atoms with Gasteiger partial charge < -0.3 is 4.98 Å². The van der Waals surface area contributed by atoms with Crippen LogP contribution in [0, 0.1) is 0 Å². The Morgan fingerprint density at radius 1 is 1.00 bits per heavy atom. The molecule has 0 radical (unpaired) electrons. The molecule has 0 aromatic carbocycles. The largest absolute Gasteiger partial charge is 0.361 e. The van der Waals surface area contributed by atoms with E-state index in [-0.39, 0.29) is 12.3 Å². The highest BCUT2D eigenvalue weighted by molar-refractivity contribution is 5.78. The molecule has 3 aromatic heterocycles. The maximum absolute atomic E-state index is 4.43. The highest BCUT2D eigenvalue weighted by Crippen LogP contribution is 2.22. The van der Waals surface area contributed by atoms with Crippen molar-refractivity contribution in [1.29, 1.82) is 0 Å². The number of hydrogen-bond donors (Lipinski definition) is 1. The molecule has 0 saturated heterocycles. The number of pyridine rings is 1. The van der Waals surface area contributed by atoms with E-state index in [2.05, 4.69) is 68.7 Å². The third-order valence-corrected chi connectivity index (χ3v) is 3.69. The minimum atomic E-state index is 0. The molecule has 0 bridgehead atoms. The normalized spacial score (nSPS) is 12.1. The number of nitrogens with zero attached hydrogens (tertiary/aromatic N) is 3. The van der Waals surface area contributed by atoms with Crippen molar-refractivity contribution in [3.63, 3.8) is 0 Å². The predicted molar refractivity (Wildman–Crippen MR) is 98.8 cm³/mol. The zero-order chi connectivity index (χ0) is 17.3. The number of nitrogens with one attached hydrogen (secondary N) is 1. The lowest BCUT2D eigenvalue weighted by Gasteiger charge is -2.17. The third-order valence-electron chi connectivity index (χ3n) is 3.69. The average Bonchev–Trinajstić information content (AvgIpc) is 3.05. The number of fused-ring (bicyclic) bond motifs is 1. The van der Waals surface area contributed by atoms with Gasteiger partial charge in [0.2, 0.25) is 0 Å². The molecule has 0 aliphatic rings. The fourth-order valence-electron chi connectivity index (χ4n) is 2.17. The van der Waals surface area contributed by atoms with E-state index in [1.807, 2.05) is 36.4 Å².